The third-order valence-corrected chi connectivity index (χ3v) is 5.06. The Morgan fingerprint density at radius 1 is 1.42 bits per heavy atom. The number of rotatable bonds is 5. The van der Waals surface area contributed by atoms with Crippen molar-refractivity contribution >= 4 is 22.6 Å². The number of hydrogen-bond donors (Lipinski definition) is 0. The van der Waals surface area contributed by atoms with E-state index in [9.17, 15) is 0 Å². The van der Waals surface area contributed by atoms with Crippen LogP contribution >= 0.6 is 22.6 Å². The van der Waals surface area contributed by atoms with E-state index in [2.05, 4.69) is 45.9 Å². The predicted octanol–water partition coefficient (Wildman–Crippen LogP) is 4.09. The molecular weight excluding hydrogens is 351 g/mol. The van der Waals surface area contributed by atoms with Crippen molar-refractivity contribution in [2.24, 2.45) is 0 Å². The molecule has 0 N–H and O–H groups in total. The molecule has 0 atom stereocenters. The van der Waals surface area contributed by atoms with Gasteiger partial charge in [-0.15, -0.1) is 6.58 Å². The molecule has 4 heteroatoms. The van der Waals surface area contributed by atoms with E-state index < -0.39 is 0 Å². The minimum absolute atomic E-state index is 0.0510. The Hall–Kier alpha value is -0.360. The van der Waals surface area contributed by atoms with Gasteiger partial charge in [0.15, 0.2) is 0 Å². The summed E-state index contributed by atoms with van der Waals surface area (Å²) >= 11 is 2.34. The molecule has 0 aliphatic heterocycles. The van der Waals surface area contributed by atoms with Gasteiger partial charge in [-0.2, -0.15) is 5.10 Å². The zero-order chi connectivity index (χ0) is 13.7. The summed E-state index contributed by atoms with van der Waals surface area (Å²) in [5.41, 5.74) is 1.19. The Morgan fingerprint density at radius 2 is 2.11 bits per heavy atom. The van der Waals surface area contributed by atoms with Gasteiger partial charge in [-0.05, 0) is 42.4 Å². The molecule has 0 unspecified atom stereocenters. The van der Waals surface area contributed by atoms with Gasteiger partial charge >= 0.3 is 0 Å². The molecule has 1 aromatic heterocycles. The lowest BCUT2D eigenvalue weighted by molar-refractivity contribution is -0.0574. The highest BCUT2D eigenvalue weighted by atomic mass is 127. The molecule has 3 nitrogen and oxygen atoms in total. The summed E-state index contributed by atoms with van der Waals surface area (Å²) in [6.07, 6.45) is 11.2. The topological polar surface area (TPSA) is 27.1 Å². The van der Waals surface area contributed by atoms with Gasteiger partial charge < -0.3 is 4.74 Å². The zero-order valence-corrected chi connectivity index (χ0v) is 13.9. The average Bonchev–Trinajstić information content (AvgIpc) is 2.63. The first-order valence-corrected chi connectivity index (χ1v) is 8.17. The Kier molecular flexibility index (Phi) is 5.45. The van der Waals surface area contributed by atoms with E-state index in [4.69, 9.17) is 4.74 Å². The molecule has 1 saturated carbocycles. The number of halogens is 1. The van der Waals surface area contributed by atoms with Crippen molar-refractivity contribution in [3.05, 3.63) is 28.1 Å². The van der Waals surface area contributed by atoms with E-state index in [0.29, 0.717) is 6.61 Å². The predicted molar refractivity (Wildman–Crippen MR) is 86.3 cm³/mol. The average molecular weight is 374 g/mol. The van der Waals surface area contributed by atoms with E-state index in [0.717, 1.165) is 19.4 Å². The molecule has 0 radical (unpaired) electrons. The third kappa shape index (κ3) is 3.81. The second-order valence-corrected chi connectivity index (χ2v) is 6.59. The second-order valence-electron chi connectivity index (χ2n) is 5.43. The summed E-state index contributed by atoms with van der Waals surface area (Å²) in [5.74, 6) is 0. The fourth-order valence-electron chi connectivity index (χ4n) is 2.81. The molecule has 1 aliphatic rings. The Labute approximate surface area is 129 Å². The van der Waals surface area contributed by atoms with E-state index in [1.54, 1.807) is 0 Å². The molecule has 0 aromatic carbocycles. The van der Waals surface area contributed by atoms with Crippen molar-refractivity contribution in [1.29, 1.82) is 0 Å². The summed E-state index contributed by atoms with van der Waals surface area (Å²) in [7, 11) is 0. The molecule has 1 fully saturated rings. The van der Waals surface area contributed by atoms with Gasteiger partial charge in [0.05, 0.1) is 28.5 Å². The van der Waals surface area contributed by atoms with Gasteiger partial charge in [-0.25, -0.2) is 0 Å². The lowest BCUT2D eigenvalue weighted by atomic mass is 9.94. The molecule has 1 aromatic rings. The summed E-state index contributed by atoms with van der Waals surface area (Å²) in [6.45, 7) is 7.42. The molecular formula is C15H23IN2O. The van der Waals surface area contributed by atoms with Crippen LogP contribution in [0.1, 0.15) is 44.2 Å². The van der Waals surface area contributed by atoms with Gasteiger partial charge in [-0.3, -0.25) is 4.68 Å². The van der Waals surface area contributed by atoms with Crippen LogP contribution in [-0.4, -0.2) is 22.0 Å². The maximum absolute atomic E-state index is 6.19. The first-order chi connectivity index (χ1) is 9.17. The second kappa shape index (κ2) is 6.88. The van der Waals surface area contributed by atoms with Crippen molar-refractivity contribution < 1.29 is 4.74 Å². The molecule has 1 aliphatic carbocycles. The monoisotopic (exact) mass is 374 g/mol. The maximum atomic E-state index is 6.19. The van der Waals surface area contributed by atoms with Crippen LogP contribution in [-0.2, 0) is 11.3 Å². The normalized spacial score (nSPS) is 19.1. The quantitative estimate of drug-likeness (QED) is 0.441. The maximum Gasteiger partial charge on any atom is 0.0881 e. The Morgan fingerprint density at radius 3 is 2.63 bits per heavy atom. The summed E-state index contributed by atoms with van der Waals surface area (Å²) in [6, 6.07) is 0. The number of hydrogen-bond acceptors (Lipinski definition) is 2. The van der Waals surface area contributed by atoms with Crippen LogP contribution in [0.4, 0.5) is 0 Å². The fraction of sp³-hybridized carbons (Fsp3) is 0.667. The molecule has 0 amide bonds. The van der Waals surface area contributed by atoms with Gasteiger partial charge in [-0.1, -0.05) is 31.8 Å². The van der Waals surface area contributed by atoms with E-state index >= 15 is 0 Å². The first kappa shape index (κ1) is 15.0. The van der Waals surface area contributed by atoms with Crippen molar-refractivity contribution in [1.82, 2.24) is 9.78 Å². The molecule has 2 rings (SSSR count). The fourth-order valence-corrected chi connectivity index (χ4v) is 3.22. The Balaban J connectivity index is 2.16. The highest BCUT2D eigenvalue weighted by Crippen LogP contribution is 2.32. The molecule has 19 heavy (non-hydrogen) atoms. The van der Waals surface area contributed by atoms with Crippen molar-refractivity contribution in [3.63, 3.8) is 0 Å². The van der Waals surface area contributed by atoms with Crippen molar-refractivity contribution in [2.45, 2.75) is 57.6 Å². The number of aromatic nitrogens is 2. The summed E-state index contributed by atoms with van der Waals surface area (Å²) in [4.78, 5) is 0. The molecule has 0 saturated heterocycles. The minimum Gasteiger partial charge on any atom is -0.369 e. The molecule has 0 spiro atoms. The van der Waals surface area contributed by atoms with Gasteiger partial charge in [0.2, 0.25) is 0 Å². The zero-order valence-electron chi connectivity index (χ0n) is 11.7. The highest BCUT2D eigenvalue weighted by molar-refractivity contribution is 14.1. The minimum atomic E-state index is -0.0510. The smallest absolute Gasteiger partial charge is 0.0881 e. The van der Waals surface area contributed by atoms with Crippen LogP contribution in [0.3, 0.4) is 0 Å². The standard InChI is InChI=1S/C15H23IN2O/c1-3-10-19-15(8-6-4-5-7-9-15)12-18-13(2)14(16)11-17-18/h3,11H,1,4-10,12H2,2H3. The third-order valence-electron chi connectivity index (χ3n) is 4.00. The van der Waals surface area contributed by atoms with Crippen LogP contribution in [0.25, 0.3) is 0 Å². The summed E-state index contributed by atoms with van der Waals surface area (Å²) < 4.78 is 9.52. The lowest BCUT2D eigenvalue weighted by Crippen LogP contribution is -2.38. The van der Waals surface area contributed by atoms with Crippen LogP contribution in [0.5, 0.6) is 0 Å². The lowest BCUT2D eigenvalue weighted by Gasteiger charge is -2.33. The molecule has 0 bridgehead atoms. The van der Waals surface area contributed by atoms with E-state index in [1.165, 1.54) is 34.9 Å². The molecule has 106 valence electrons. The SMILES string of the molecule is C=CCOC1(Cn2ncc(I)c2C)CCCCCC1. The van der Waals surface area contributed by atoms with Gasteiger partial charge in [0.25, 0.3) is 0 Å². The number of nitrogens with zero attached hydrogens (tertiary/aromatic N) is 2. The van der Waals surface area contributed by atoms with Crippen LogP contribution in [0.15, 0.2) is 18.9 Å². The molecule has 1 heterocycles. The Bertz CT molecular complexity index is 420. The number of ether oxygens (including phenoxy) is 1. The van der Waals surface area contributed by atoms with Crippen LogP contribution in [0, 0.1) is 10.5 Å². The van der Waals surface area contributed by atoms with Gasteiger partial charge in [0.1, 0.15) is 0 Å². The van der Waals surface area contributed by atoms with Crippen LogP contribution in [0.2, 0.25) is 0 Å². The van der Waals surface area contributed by atoms with Gasteiger partial charge in [0, 0.05) is 5.69 Å². The first-order valence-electron chi connectivity index (χ1n) is 7.10. The van der Waals surface area contributed by atoms with Crippen molar-refractivity contribution in [2.75, 3.05) is 6.61 Å². The highest BCUT2D eigenvalue weighted by Gasteiger charge is 2.33. The van der Waals surface area contributed by atoms with E-state index in [1.807, 2.05) is 12.3 Å². The van der Waals surface area contributed by atoms with Crippen molar-refractivity contribution in [3.8, 4) is 0 Å². The summed E-state index contributed by atoms with van der Waals surface area (Å²) in [5, 5.41) is 4.50. The van der Waals surface area contributed by atoms with Crippen LogP contribution < -0.4 is 0 Å². The van der Waals surface area contributed by atoms with E-state index in [-0.39, 0.29) is 5.60 Å². The largest absolute Gasteiger partial charge is 0.369 e.